The minimum absolute atomic E-state index is 0.255. The molecule has 180 valence electrons. The van der Waals surface area contributed by atoms with Crippen LogP contribution in [-0.4, -0.2) is 51.6 Å². The Labute approximate surface area is 199 Å². The van der Waals surface area contributed by atoms with Gasteiger partial charge >= 0.3 is 0 Å². The van der Waals surface area contributed by atoms with E-state index < -0.39 is 16.6 Å². The summed E-state index contributed by atoms with van der Waals surface area (Å²) in [7, 11) is 0. The highest BCUT2D eigenvalue weighted by atomic mass is 16.5. The highest BCUT2D eigenvalue weighted by Crippen LogP contribution is 2.48. The summed E-state index contributed by atoms with van der Waals surface area (Å²) in [6, 6.07) is 10.0. The van der Waals surface area contributed by atoms with Gasteiger partial charge in [0, 0.05) is 62.5 Å². The van der Waals surface area contributed by atoms with Crippen molar-refractivity contribution in [1.29, 1.82) is 0 Å². The molecule has 1 unspecified atom stereocenters. The Balaban J connectivity index is 1.53. The van der Waals surface area contributed by atoms with E-state index in [1.165, 1.54) is 5.56 Å². The summed E-state index contributed by atoms with van der Waals surface area (Å²) in [6.45, 7) is 8.65. The lowest BCUT2D eigenvalue weighted by Gasteiger charge is -2.52. The minimum atomic E-state index is -1.27. The smallest absolute Gasteiger partial charge is 0.259 e. The number of pyridine rings is 1. The Hall–Kier alpha value is -2.65. The zero-order chi connectivity index (χ0) is 24.0. The third-order valence-corrected chi connectivity index (χ3v) is 7.46. The lowest BCUT2D eigenvalue weighted by atomic mass is 9.63. The molecule has 0 spiro atoms. The van der Waals surface area contributed by atoms with Gasteiger partial charge in [-0.25, -0.2) is 0 Å². The second-order valence-electron chi connectivity index (χ2n) is 10.2. The fourth-order valence-electron chi connectivity index (χ4n) is 4.95. The topological polar surface area (TPSA) is 114 Å². The number of aliphatic hydroxyl groups is 2. The number of aromatic nitrogens is 3. The fourth-order valence-corrected chi connectivity index (χ4v) is 4.95. The predicted octanol–water partition coefficient (Wildman–Crippen LogP) is 3.10. The van der Waals surface area contributed by atoms with Crippen LogP contribution in [0.4, 0.5) is 0 Å². The van der Waals surface area contributed by atoms with E-state index in [9.17, 15) is 10.2 Å². The van der Waals surface area contributed by atoms with E-state index in [1.54, 1.807) is 12.4 Å². The van der Waals surface area contributed by atoms with Crippen LogP contribution < -0.4 is 5.32 Å². The molecule has 5 rings (SSSR count). The molecule has 3 N–H and O–H groups in total. The van der Waals surface area contributed by atoms with E-state index in [-0.39, 0.29) is 11.7 Å². The van der Waals surface area contributed by atoms with E-state index in [2.05, 4.69) is 53.3 Å². The van der Waals surface area contributed by atoms with Crippen molar-refractivity contribution >= 4 is 0 Å². The van der Waals surface area contributed by atoms with Crippen LogP contribution >= 0.6 is 0 Å². The zero-order valence-electron chi connectivity index (χ0n) is 19.9. The molecule has 4 heterocycles. The van der Waals surface area contributed by atoms with Crippen LogP contribution in [0.15, 0.2) is 47.2 Å². The predicted molar refractivity (Wildman–Crippen MR) is 126 cm³/mol. The summed E-state index contributed by atoms with van der Waals surface area (Å²) in [4.78, 5) is 8.90. The number of nitrogens with one attached hydrogen (secondary N) is 1. The lowest BCUT2D eigenvalue weighted by Crippen LogP contribution is -2.63. The van der Waals surface area contributed by atoms with Crippen molar-refractivity contribution in [1.82, 2.24) is 20.4 Å². The minimum Gasteiger partial charge on any atom is -0.382 e. The monoisotopic (exact) mass is 464 g/mol. The molecule has 0 radical (unpaired) electrons. The molecule has 2 aliphatic heterocycles. The highest BCUT2D eigenvalue weighted by Gasteiger charge is 2.53. The molecular formula is C26H32N4O4. The van der Waals surface area contributed by atoms with Gasteiger partial charge in [0.15, 0.2) is 0 Å². The normalized spacial score (nSPS) is 21.1. The number of nitrogens with zero attached hydrogens (tertiary/aromatic N) is 3. The second kappa shape index (κ2) is 8.53. The summed E-state index contributed by atoms with van der Waals surface area (Å²) in [6.07, 6.45) is 4.18. The molecule has 0 bridgehead atoms. The van der Waals surface area contributed by atoms with Gasteiger partial charge in [-0.2, -0.15) is 4.98 Å². The highest BCUT2D eigenvalue weighted by molar-refractivity contribution is 5.55. The molecule has 0 amide bonds. The summed E-state index contributed by atoms with van der Waals surface area (Å²) in [5, 5.41) is 30.6. The maximum atomic E-state index is 12.3. The van der Waals surface area contributed by atoms with Crippen LogP contribution in [0.3, 0.4) is 0 Å². The molecular weight excluding hydrogens is 432 g/mol. The molecule has 3 aromatic rings. The average Bonchev–Trinajstić information content (AvgIpc) is 3.34. The maximum Gasteiger partial charge on any atom is 0.259 e. The SMILES string of the molecule is CC(C)c1ccc(C(O)(c2cncc(-c3nc(C4(O)CCOCC4)no3)c2)C2(C)CNC2)cc1. The first kappa shape index (κ1) is 23.1. The van der Waals surface area contributed by atoms with Crippen molar-refractivity contribution in [2.75, 3.05) is 26.3 Å². The van der Waals surface area contributed by atoms with Gasteiger partial charge in [0.1, 0.15) is 11.2 Å². The van der Waals surface area contributed by atoms with Crippen molar-refractivity contribution in [2.45, 2.75) is 50.7 Å². The Morgan fingerprint density at radius 3 is 2.38 bits per heavy atom. The second-order valence-corrected chi connectivity index (χ2v) is 10.2. The van der Waals surface area contributed by atoms with Gasteiger partial charge in [-0.1, -0.05) is 50.2 Å². The quantitative estimate of drug-likeness (QED) is 0.510. The summed E-state index contributed by atoms with van der Waals surface area (Å²) >= 11 is 0. The Morgan fingerprint density at radius 2 is 1.76 bits per heavy atom. The molecule has 1 atom stereocenters. The lowest BCUT2D eigenvalue weighted by molar-refractivity contribution is -0.0769. The van der Waals surface area contributed by atoms with E-state index in [0.29, 0.717) is 56.2 Å². The van der Waals surface area contributed by atoms with Gasteiger partial charge in [-0.15, -0.1) is 0 Å². The van der Waals surface area contributed by atoms with Crippen LogP contribution in [0, 0.1) is 5.41 Å². The molecule has 2 aliphatic rings. The number of hydrogen-bond acceptors (Lipinski definition) is 8. The number of rotatable bonds is 6. The summed E-state index contributed by atoms with van der Waals surface area (Å²) in [5.74, 6) is 0.926. The Morgan fingerprint density at radius 1 is 1.06 bits per heavy atom. The third-order valence-electron chi connectivity index (χ3n) is 7.46. The number of hydrogen-bond donors (Lipinski definition) is 3. The molecule has 0 aliphatic carbocycles. The van der Waals surface area contributed by atoms with Crippen LogP contribution in [0.2, 0.25) is 0 Å². The van der Waals surface area contributed by atoms with Gasteiger partial charge < -0.3 is 24.8 Å². The van der Waals surface area contributed by atoms with E-state index in [0.717, 1.165) is 5.56 Å². The average molecular weight is 465 g/mol. The van der Waals surface area contributed by atoms with Gasteiger partial charge in [0.25, 0.3) is 5.89 Å². The molecule has 1 aromatic carbocycles. The van der Waals surface area contributed by atoms with Gasteiger partial charge in [-0.05, 0) is 23.1 Å². The summed E-state index contributed by atoms with van der Waals surface area (Å²) in [5.41, 5.74) is 0.468. The van der Waals surface area contributed by atoms with Gasteiger partial charge in [-0.3, -0.25) is 4.98 Å². The van der Waals surface area contributed by atoms with E-state index in [4.69, 9.17) is 9.26 Å². The zero-order valence-corrected chi connectivity index (χ0v) is 19.9. The Kier molecular flexibility index (Phi) is 5.80. The first-order valence-corrected chi connectivity index (χ1v) is 11.9. The standard InChI is InChI=1S/C26H32N4O4/c1-17(2)18-4-6-20(7-5-18)26(32,24(3)15-28-16-24)21-12-19(13-27-14-21)22-29-23(30-34-22)25(31)8-10-33-11-9-25/h4-7,12-14,17,28,31-32H,8-11,15-16H2,1-3H3. The van der Waals surface area contributed by atoms with Gasteiger partial charge in [0.05, 0.1) is 5.56 Å². The maximum absolute atomic E-state index is 12.3. The van der Waals surface area contributed by atoms with Crippen molar-refractivity contribution in [3.8, 4) is 11.5 Å². The van der Waals surface area contributed by atoms with Crippen LogP contribution in [-0.2, 0) is 15.9 Å². The third kappa shape index (κ3) is 3.75. The van der Waals surface area contributed by atoms with Crippen LogP contribution in [0.5, 0.6) is 0 Å². The van der Waals surface area contributed by atoms with Gasteiger partial charge in [0.2, 0.25) is 5.82 Å². The number of ether oxygens (including phenoxy) is 1. The molecule has 2 fully saturated rings. The van der Waals surface area contributed by atoms with Crippen LogP contribution in [0.1, 0.15) is 62.0 Å². The summed E-state index contributed by atoms with van der Waals surface area (Å²) < 4.78 is 10.9. The molecule has 2 aromatic heterocycles. The molecule has 8 heteroatoms. The molecule has 8 nitrogen and oxygen atoms in total. The number of benzene rings is 1. The van der Waals surface area contributed by atoms with E-state index >= 15 is 0 Å². The fraction of sp³-hybridized carbons (Fsp3) is 0.500. The van der Waals surface area contributed by atoms with Crippen LogP contribution in [0.25, 0.3) is 11.5 Å². The van der Waals surface area contributed by atoms with Crippen molar-refractivity contribution < 1.29 is 19.5 Å². The molecule has 0 saturated carbocycles. The van der Waals surface area contributed by atoms with Crippen molar-refractivity contribution in [3.63, 3.8) is 0 Å². The first-order chi connectivity index (χ1) is 16.3. The molecule has 34 heavy (non-hydrogen) atoms. The van der Waals surface area contributed by atoms with E-state index in [1.807, 2.05) is 18.2 Å². The molecule has 2 saturated heterocycles. The van der Waals surface area contributed by atoms with Crippen molar-refractivity contribution in [2.24, 2.45) is 5.41 Å². The Bertz CT molecular complexity index is 1150. The first-order valence-electron chi connectivity index (χ1n) is 11.9. The van der Waals surface area contributed by atoms with Crippen molar-refractivity contribution in [3.05, 3.63) is 65.2 Å². The largest absolute Gasteiger partial charge is 0.382 e.